The third-order valence-corrected chi connectivity index (χ3v) is 6.45. The summed E-state index contributed by atoms with van der Waals surface area (Å²) in [5.41, 5.74) is 6.67. The van der Waals surface area contributed by atoms with E-state index in [9.17, 15) is 0 Å². The molecule has 0 atom stereocenters. The van der Waals surface area contributed by atoms with E-state index in [1.54, 1.807) is 23.1 Å². The second-order valence-corrected chi connectivity index (χ2v) is 7.19. The maximum absolute atomic E-state index is 6.44. The van der Waals surface area contributed by atoms with Crippen LogP contribution in [0.4, 0.5) is 5.69 Å². The van der Waals surface area contributed by atoms with Crippen LogP contribution in [0.1, 0.15) is 4.88 Å². The maximum Gasteiger partial charge on any atom is 0.0632 e. The Morgan fingerprint density at radius 3 is 2.60 bits per heavy atom. The summed E-state index contributed by atoms with van der Waals surface area (Å²) >= 11 is 16.0. The summed E-state index contributed by atoms with van der Waals surface area (Å²) in [6, 6.07) is 13.7. The van der Waals surface area contributed by atoms with Crippen LogP contribution in [-0.4, -0.2) is 0 Å². The van der Waals surface area contributed by atoms with Gasteiger partial charge < -0.3 is 5.73 Å². The highest BCUT2D eigenvalue weighted by atomic mass is 35.5. The molecule has 0 aliphatic rings. The minimum absolute atomic E-state index is 0.687. The highest BCUT2D eigenvalue weighted by molar-refractivity contribution is 7.99. The molecule has 0 bridgehead atoms. The summed E-state index contributed by atoms with van der Waals surface area (Å²) < 4.78 is 1.21. The predicted molar refractivity (Wildman–Crippen MR) is 92.3 cm³/mol. The largest absolute Gasteiger partial charge is 0.398 e. The van der Waals surface area contributed by atoms with Crippen molar-refractivity contribution in [1.29, 1.82) is 0 Å². The summed E-state index contributed by atoms with van der Waals surface area (Å²) in [4.78, 5) is 2.07. The summed E-state index contributed by atoms with van der Waals surface area (Å²) in [5, 5.41) is 2.64. The average Bonchev–Trinajstić information content (AvgIpc) is 2.76. The van der Waals surface area contributed by atoms with Gasteiger partial charge in [-0.1, -0.05) is 47.5 Å². The molecule has 3 aromatic rings. The van der Waals surface area contributed by atoms with Crippen LogP contribution in [0.15, 0.2) is 47.4 Å². The zero-order chi connectivity index (χ0) is 14.1. The first-order valence-electron chi connectivity index (χ1n) is 5.99. The molecule has 0 spiro atoms. The molecule has 5 heteroatoms. The minimum Gasteiger partial charge on any atom is -0.398 e. The lowest BCUT2D eigenvalue weighted by Crippen LogP contribution is -1.89. The van der Waals surface area contributed by atoms with Crippen molar-refractivity contribution in [2.75, 3.05) is 5.73 Å². The van der Waals surface area contributed by atoms with Gasteiger partial charge in [0.15, 0.2) is 0 Å². The fraction of sp³-hybridized carbons (Fsp3) is 0.0667. The van der Waals surface area contributed by atoms with Gasteiger partial charge in [-0.3, -0.25) is 0 Å². The third-order valence-electron chi connectivity index (χ3n) is 2.95. The van der Waals surface area contributed by atoms with E-state index in [0.717, 1.165) is 25.9 Å². The van der Waals surface area contributed by atoms with E-state index in [4.69, 9.17) is 28.9 Å². The van der Waals surface area contributed by atoms with Crippen molar-refractivity contribution in [3.8, 4) is 0 Å². The first-order chi connectivity index (χ1) is 9.66. The van der Waals surface area contributed by atoms with Crippen molar-refractivity contribution in [2.24, 2.45) is 0 Å². The molecule has 0 unspecified atom stereocenters. The number of fused-ring (bicyclic) bond motifs is 1. The molecule has 1 nitrogen and oxygen atoms in total. The lowest BCUT2D eigenvalue weighted by molar-refractivity contribution is 1.43. The quantitative estimate of drug-likeness (QED) is 0.462. The van der Waals surface area contributed by atoms with E-state index in [2.05, 4.69) is 6.07 Å². The molecule has 0 amide bonds. The lowest BCUT2D eigenvalue weighted by Gasteiger charge is -2.06. The van der Waals surface area contributed by atoms with Gasteiger partial charge in [0, 0.05) is 31.3 Å². The summed E-state index contributed by atoms with van der Waals surface area (Å²) in [6.07, 6.45) is 0. The summed E-state index contributed by atoms with van der Waals surface area (Å²) in [7, 11) is 0. The lowest BCUT2D eigenvalue weighted by atomic mass is 10.2. The predicted octanol–water partition coefficient (Wildman–Crippen LogP) is 6.08. The van der Waals surface area contributed by atoms with E-state index >= 15 is 0 Å². The maximum atomic E-state index is 6.44. The van der Waals surface area contributed by atoms with Crippen LogP contribution in [-0.2, 0) is 5.75 Å². The van der Waals surface area contributed by atoms with Crippen molar-refractivity contribution >= 4 is 62.1 Å². The normalized spacial score (nSPS) is 11.1. The Bertz CT molecular complexity index is 747. The van der Waals surface area contributed by atoms with Gasteiger partial charge in [0.2, 0.25) is 0 Å². The monoisotopic (exact) mass is 339 g/mol. The first-order valence-corrected chi connectivity index (χ1v) is 8.55. The fourth-order valence-corrected chi connectivity index (χ4v) is 4.97. The minimum atomic E-state index is 0.687. The van der Waals surface area contributed by atoms with Gasteiger partial charge >= 0.3 is 0 Å². The Balaban J connectivity index is 1.89. The molecule has 0 saturated heterocycles. The molecule has 102 valence electrons. The van der Waals surface area contributed by atoms with Crippen molar-refractivity contribution in [1.82, 2.24) is 0 Å². The van der Waals surface area contributed by atoms with Gasteiger partial charge in [0.25, 0.3) is 0 Å². The molecule has 20 heavy (non-hydrogen) atoms. The number of benzene rings is 2. The smallest absolute Gasteiger partial charge is 0.0632 e. The summed E-state index contributed by atoms with van der Waals surface area (Å²) in [5.74, 6) is 0.770. The Labute approximate surface area is 135 Å². The highest BCUT2D eigenvalue weighted by Crippen LogP contribution is 2.41. The molecule has 0 fully saturated rings. The Morgan fingerprint density at radius 1 is 1.05 bits per heavy atom. The van der Waals surface area contributed by atoms with E-state index in [-0.39, 0.29) is 0 Å². The molecule has 0 aliphatic heterocycles. The number of rotatable bonds is 3. The van der Waals surface area contributed by atoms with Crippen LogP contribution in [0.2, 0.25) is 10.0 Å². The fourth-order valence-electron chi connectivity index (χ4n) is 1.97. The van der Waals surface area contributed by atoms with Crippen molar-refractivity contribution < 1.29 is 0 Å². The molecular weight excluding hydrogens is 329 g/mol. The van der Waals surface area contributed by atoms with Crippen molar-refractivity contribution in [3.05, 3.63) is 57.4 Å². The standard InChI is InChI=1S/C15H11Cl2NS2/c16-10-5-3-6-11(18)15(10)19-8-13-14(17)9-4-1-2-7-12(9)20-13/h1-7H,8,18H2. The van der Waals surface area contributed by atoms with Gasteiger partial charge in [0.05, 0.1) is 10.0 Å². The van der Waals surface area contributed by atoms with E-state index in [1.165, 1.54) is 4.70 Å². The van der Waals surface area contributed by atoms with Gasteiger partial charge in [-0.05, 0) is 18.2 Å². The van der Waals surface area contributed by atoms with Crippen molar-refractivity contribution in [2.45, 2.75) is 10.6 Å². The van der Waals surface area contributed by atoms with Crippen LogP contribution in [0.25, 0.3) is 10.1 Å². The van der Waals surface area contributed by atoms with Crippen LogP contribution < -0.4 is 5.73 Å². The second-order valence-electron chi connectivity index (χ2n) is 4.28. The molecule has 0 radical (unpaired) electrons. The molecule has 1 aromatic heterocycles. The van der Waals surface area contributed by atoms with Crippen molar-refractivity contribution in [3.63, 3.8) is 0 Å². The molecule has 0 saturated carbocycles. The molecule has 1 heterocycles. The number of halogens is 2. The van der Waals surface area contributed by atoms with Gasteiger partial charge in [-0.25, -0.2) is 0 Å². The molecule has 0 aliphatic carbocycles. The number of thiophene rings is 1. The van der Waals surface area contributed by atoms with E-state index in [1.807, 2.05) is 36.4 Å². The molecule has 3 rings (SSSR count). The van der Waals surface area contributed by atoms with E-state index in [0.29, 0.717) is 10.7 Å². The number of hydrogen-bond acceptors (Lipinski definition) is 3. The average molecular weight is 340 g/mol. The molecule has 2 aromatic carbocycles. The van der Waals surface area contributed by atoms with Crippen LogP contribution in [0, 0.1) is 0 Å². The van der Waals surface area contributed by atoms with Gasteiger partial charge in [-0.15, -0.1) is 23.1 Å². The summed E-state index contributed by atoms with van der Waals surface area (Å²) in [6.45, 7) is 0. The van der Waals surface area contributed by atoms with Gasteiger partial charge in [-0.2, -0.15) is 0 Å². The second kappa shape index (κ2) is 5.86. The highest BCUT2D eigenvalue weighted by Gasteiger charge is 2.12. The van der Waals surface area contributed by atoms with Crippen LogP contribution in [0.5, 0.6) is 0 Å². The Morgan fingerprint density at radius 2 is 1.85 bits per heavy atom. The number of hydrogen-bond donors (Lipinski definition) is 1. The number of thioether (sulfide) groups is 1. The van der Waals surface area contributed by atoms with Gasteiger partial charge in [0.1, 0.15) is 0 Å². The molecular formula is C15H11Cl2NS2. The molecule has 2 N–H and O–H groups in total. The number of nitrogen functional groups attached to an aromatic ring is 1. The number of anilines is 1. The topological polar surface area (TPSA) is 26.0 Å². The third kappa shape index (κ3) is 2.63. The Kier molecular flexibility index (Phi) is 4.13. The van der Waals surface area contributed by atoms with Crippen LogP contribution in [0.3, 0.4) is 0 Å². The van der Waals surface area contributed by atoms with E-state index < -0.39 is 0 Å². The first kappa shape index (κ1) is 14.1. The van der Waals surface area contributed by atoms with Crippen LogP contribution >= 0.6 is 46.3 Å². The Hall–Kier alpha value is -0.870. The number of nitrogens with two attached hydrogens (primary N) is 1. The zero-order valence-electron chi connectivity index (χ0n) is 10.4. The SMILES string of the molecule is Nc1cccc(Cl)c1SCc1sc2ccccc2c1Cl. The zero-order valence-corrected chi connectivity index (χ0v) is 13.5.